The molecule has 0 aromatic heterocycles. The third-order valence-corrected chi connectivity index (χ3v) is 8.20. The number of amides is 2. The fourth-order valence-corrected chi connectivity index (χ4v) is 5.54. The number of aryl methyl sites for hydroxylation is 1. The summed E-state index contributed by atoms with van der Waals surface area (Å²) in [4.78, 5) is 28.6. The summed E-state index contributed by atoms with van der Waals surface area (Å²) in [5.74, 6) is -0.311. The van der Waals surface area contributed by atoms with Crippen molar-refractivity contribution in [2.45, 2.75) is 57.6 Å². The zero-order valence-electron chi connectivity index (χ0n) is 23.6. The first kappa shape index (κ1) is 31.0. The van der Waals surface area contributed by atoms with Gasteiger partial charge in [-0.05, 0) is 88.7 Å². The summed E-state index contributed by atoms with van der Waals surface area (Å²) < 4.78 is 34.1. The molecule has 214 valence electrons. The van der Waals surface area contributed by atoms with Crippen molar-refractivity contribution in [1.82, 2.24) is 10.2 Å². The predicted octanol–water partition coefficient (Wildman–Crippen LogP) is 5.18. The number of anilines is 1. The molecule has 8 nitrogen and oxygen atoms in total. The SMILES string of the molecule is COc1cccc(CN(C(=O)CN(c2ccc(Cl)cc2)S(=O)(=O)c2ccc(C)cc2)[C@H](C)C(=O)NC(C)(C)C)c1. The summed E-state index contributed by atoms with van der Waals surface area (Å²) in [6.07, 6.45) is 0. The maximum atomic E-state index is 14.0. The molecule has 40 heavy (non-hydrogen) atoms. The smallest absolute Gasteiger partial charge is 0.264 e. The molecule has 3 aromatic rings. The van der Waals surface area contributed by atoms with E-state index in [4.69, 9.17) is 16.3 Å². The van der Waals surface area contributed by atoms with Gasteiger partial charge in [0.2, 0.25) is 11.8 Å². The molecular formula is C30H36ClN3O5S. The second kappa shape index (κ2) is 12.7. The van der Waals surface area contributed by atoms with Crippen LogP contribution in [-0.2, 0) is 26.2 Å². The normalized spacial score (nSPS) is 12.4. The van der Waals surface area contributed by atoms with Crippen LogP contribution in [0.25, 0.3) is 0 Å². The summed E-state index contributed by atoms with van der Waals surface area (Å²) in [6.45, 7) is 8.56. The number of carbonyl (C=O) groups excluding carboxylic acids is 2. The zero-order chi connectivity index (χ0) is 29.7. The fourth-order valence-electron chi connectivity index (χ4n) is 4.00. The van der Waals surface area contributed by atoms with Gasteiger partial charge in [-0.1, -0.05) is 41.4 Å². The van der Waals surface area contributed by atoms with E-state index in [1.54, 1.807) is 68.6 Å². The van der Waals surface area contributed by atoms with Crippen molar-refractivity contribution in [3.63, 3.8) is 0 Å². The van der Waals surface area contributed by atoms with Gasteiger partial charge in [0.1, 0.15) is 18.3 Å². The van der Waals surface area contributed by atoms with E-state index in [2.05, 4.69) is 5.32 Å². The Kier molecular flexibility index (Phi) is 9.87. The molecule has 0 bridgehead atoms. The summed E-state index contributed by atoms with van der Waals surface area (Å²) in [5, 5.41) is 3.34. The number of carbonyl (C=O) groups is 2. The molecule has 2 amide bonds. The van der Waals surface area contributed by atoms with Gasteiger partial charge < -0.3 is 15.0 Å². The first-order valence-electron chi connectivity index (χ1n) is 12.8. The Morgan fingerprint density at radius 2 is 1.62 bits per heavy atom. The Labute approximate surface area is 241 Å². The predicted molar refractivity (Wildman–Crippen MR) is 158 cm³/mol. The Bertz CT molecular complexity index is 1440. The van der Waals surface area contributed by atoms with Crippen molar-refractivity contribution >= 4 is 39.1 Å². The van der Waals surface area contributed by atoms with Gasteiger partial charge in [0.15, 0.2) is 0 Å². The number of nitrogens with zero attached hydrogens (tertiary/aromatic N) is 2. The molecule has 0 radical (unpaired) electrons. The number of ether oxygens (including phenoxy) is 1. The molecule has 0 aliphatic carbocycles. The van der Waals surface area contributed by atoms with Crippen molar-refractivity contribution in [3.05, 3.63) is 88.9 Å². The third kappa shape index (κ3) is 7.99. The van der Waals surface area contributed by atoms with Gasteiger partial charge in [-0.2, -0.15) is 0 Å². The minimum Gasteiger partial charge on any atom is -0.497 e. The van der Waals surface area contributed by atoms with E-state index in [1.807, 2.05) is 33.8 Å². The summed E-state index contributed by atoms with van der Waals surface area (Å²) in [6, 6.07) is 18.9. The van der Waals surface area contributed by atoms with Crippen LogP contribution < -0.4 is 14.4 Å². The number of halogens is 1. The molecule has 0 unspecified atom stereocenters. The number of methoxy groups -OCH3 is 1. The molecule has 0 heterocycles. The summed E-state index contributed by atoms with van der Waals surface area (Å²) in [5.41, 5.74) is 1.37. The van der Waals surface area contributed by atoms with Crippen LogP contribution in [0.1, 0.15) is 38.8 Å². The van der Waals surface area contributed by atoms with Gasteiger partial charge in [0, 0.05) is 17.1 Å². The average Bonchev–Trinajstić information content (AvgIpc) is 2.89. The van der Waals surface area contributed by atoms with Crippen LogP contribution in [0.2, 0.25) is 5.02 Å². The van der Waals surface area contributed by atoms with Crippen LogP contribution in [0.5, 0.6) is 5.75 Å². The van der Waals surface area contributed by atoms with E-state index in [1.165, 1.54) is 17.0 Å². The molecule has 0 saturated carbocycles. The van der Waals surface area contributed by atoms with E-state index < -0.39 is 34.1 Å². The summed E-state index contributed by atoms with van der Waals surface area (Å²) in [7, 11) is -2.61. The van der Waals surface area contributed by atoms with Crippen LogP contribution in [0, 0.1) is 6.92 Å². The lowest BCUT2D eigenvalue weighted by molar-refractivity contribution is -0.140. The Morgan fingerprint density at radius 1 is 1.00 bits per heavy atom. The molecule has 0 aliphatic heterocycles. The van der Waals surface area contributed by atoms with Crippen molar-refractivity contribution in [2.24, 2.45) is 0 Å². The van der Waals surface area contributed by atoms with Crippen LogP contribution in [0.3, 0.4) is 0 Å². The van der Waals surface area contributed by atoms with E-state index in [0.29, 0.717) is 10.8 Å². The largest absolute Gasteiger partial charge is 0.497 e. The number of nitrogens with one attached hydrogen (secondary N) is 1. The van der Waals surface area contributed by atoms with E-state index in [0.717, 1.165) is 15.4 Å². The number of hydrogen-bond donors (Lipinski definition) is 1. The zero-order valence-corrected chi connectivity index (χ0v) is 25.2. The van der Waals surface area contributed by atoms with Crippen molar-refractivity contribution in [1.29, 1.82) is 0 Å². The number of benzene rings is 3. The lowest BCUT2D eigenvalue weighted by Gasteiger charge is -2.33. The number of sulfonamides is 1. The molecule has 0 aliphatic rings. The lowest BCUT2D eigenvalue weighted by Crippen LogP contribution is -2.54. The third-order valence-electron chi connectivity index (χ3n) is 6.16. The van der Waals surface area contributed by atoms with Gasteiger partial charge in [-0.3, -0.25) is 13.9 Å². The second-order valence-electron chi connectivity index (χ2n) is 10.6. The van der Waals surface area contributed by atoms with Gasteiger partial charge in [-0.25, -0.2) is 8.42 Å². The number of hydrogen-bond acceptors (Lipinski definition) is 5. The highest BCUT2D eigenvalue weighted by molar-refractivity contribution is 7.92. The maximum absolute atomic E-state index is 14.0. The van der Waals surface area contributed by atoms with Crippen LogP contribution in [0.15, 0.2) is 77.7 Å². The molecule has 10 heteroatoms. The van der Waals surface area contributed by atoms with Crippen molar-refractivity contribution < 1.29 is 22.7 Å². The standard InChI is InChI=1S/C30H36ClN3O5S/c1-21-10-16-27(17-11-21)40(37,38)34(25-14-12-24(31)13-15-25)20-28(35)33(22(2)29(36)32-30(3,4)5)19-23-8-7-9-26(18-23)39-6/h7-18,22H,19-20H2,1-6H3,(H,32,36)/t22-/m1/s1. The topological polar surface area (TPSA) is 96.0 Å². The molecular weight excluding hydrogens is 550 g/mol. The molecule has 0 fully saturated rings. The fraction of sp³-hybridized carbons (Fsp3) is 0.333. The molecule has 3 rings (SSSR count). The highest BCUT2D eigenvalue weighted by Gasteiger charge is 2.33. The maximum Gasteiger partial charge on any atom is 0.264 e. The highest BCUT2D eigenvalue weighted by atomic mass is 35.5. The molecule has 0 spiro atoms. The van der Waals surface area contributed by atoms with E-state index >= 15 is 0 Å². The quantitative estimate of drug-likeness (QED) is 0.353. The van der Waals surface area contributed by atoms with Crippen LogP contribution in [-0.4, -0.2) is 50.4 Å². The van der Waals surface area contributed by atoms with Gasteiger partial charge in [-0.15, -0.1) is 0 Å². The average molecular weight is 586 g/mol. The first-order chi connectivity index (χ1) is 18.7. The Hall–Kier alpha value is -3.56. The molecule has 3 aromatic carbocycles. The monoisotopic (exact) mass is 585 g/mol. The minimum atomic E-state index is -4.15. The van der Waals surface area contributed by atoms with Crippen molar-refractivity contribution in [2.75, 3.05) is 18.0 Å². The highest BCUT2D eigenvalue weighted by Crippen LogP contribution is 2.26. The molecule has 0 saturated heterocycles. The lowest BCUT2D eigenvalue weighted by atomic mass is 10.1. The van der Waals surface area contributed by atoms with Crippen LogP contribution in [0.4, 0.5) is 5.69 Å². The molecule has 1 atom stereocenters. The van der Waals surface area contributed by atoms with E-state index in [-0.39, 0.29) is 23.0 Å². The molecule has 1 N–H and O–H groups in total. The van der Waals surface area contributed by atoms with Gasteiger partial charge in [0.05, 0.1) is 17.7 Å². The van der Waals surface area contributed by atoms with Crippen LogP contribution >= 0.6 is 11.6 Å². The second-order valence-corrected chi connectivity index (χ2v) is 12.9. The first-order valence-corrected chi connectivity index (χ1v) is 14.6. The minimum absolute atomic E-state index is 0.0405. The Morgan fingerprint density at radius 3 is 2.20 bits per heavy atom. The van der Waals surface area contributed by atoms with Gasteiger partial charge in [0.25, 0.3) is 10.0 Å². The van der Waals surface area contributed by atoms with Crippen molar-refractivity contribution in [3.8, 4) is 5.75 Å². The van der Waals surface area contributed by atoms with E-state index in [9.17, 15) is 18.0 Å². The number of rotatable bonds is 10. The Balaban J connectivity index is 2.04. The van der Waals surface area contributed by atoms with Gasteiger partial charge >= 0.3 is 0 Å². The summed E-state index contributed by atoms with van der Waals surface area (Å²) >= 11 is 6.07.